The normalized spacial score (nSPS) is 18.6. The predicted octanol–water partition coefficient (Wildman–Crippen LogP) is 5.32. The monoisotopic (exact) mass is 416 g/mol. The molecule has 0 spiro atoms. The zero-order valence-corrected chi connectivity index (χ0v) is 16.6. The summed E-state index contributed by atoms with van der Waals surface area (Å²) in [4.78, 5) is 28.4. The largest absolute Gasteiger partial charge is 0.369 e. The van der Waals surface area contributed by atoms with Crippen LogP contribution in [0.1, 0.15) is 24.0 Å². The van der Waals surface area contributed by atoms with Crippen molar-refractivity contribution in [2.75, 3.05) is 18.0 Å². The number of hydrogen-bond acceptors (Lipinski definition) is 4. The lowest BCUT2D eigenvalue weighted by Gasteiger charge is -2.18. The van der Waals surface area contributed by atoms with Crippen molar-refractivity contribution >= 4 is 46.3 Å². The van der Waals surface area contributed by atoms with E-state index in [1.165, 1.54) is 11.0 Å². The molecule has 0 atom stereocenters. The minimum Gasteiger partial charge on any atom is -0.369 e. The fourth-order valence-corrected chi connectivity index (χ4v) is 4.35. The van der Waals surface area contributed by atoms with Crippen LogP contribution in [0.15, 0.2) is 47.4 Å². The Morgan fingerprint density at radius 3 is 2.46 bits per heavy atom. The molecule has 0 saturated carbocycles. The van der Waals surface area contributed by atoms with Gasteiger partial charge in [-0.15, -0.1) is 0 Å². The van der Waals surface area contributed by atoms with Crippen molar-refractivity contribution in [1.82, 2.24) is 4.90 Å². The number of hydrogen-bond donors (Lipinski definition) is 0. The van der Waals surface area contributed by atoms with Gasteiger partial charge in [0, 0.05) is 18.1 Å². The van der Waals surface area contributed by atoms with Gasteiger partial charge in [0.05, 0.1) is 17.1 Å². The Labute approximate surface area is 172 Å². The van der Waals surface area contributed by atoms with Crippen molar-refractivity contribution in [2.24, 2.45) is 0 Å². The number of amides is 2. The van der Waals surface area contributed by atoms with Crippen molar-refractivity contribution in [3.8, 4) is 0 Å². The molecule has 0 aliphatic carbocycles. The van der Waals surface area contributed by atoms with Gasteiger partial charge in [0.1, 0.15) is 5.82 Å². The maximum Gasteiger partial charge on any atom is 0.293 e. The standard InChI is InChI=1S/C21H18ClFN2O2S/c22-16-6-3-14(4-7-16)13-25-20(26)19(28-21(25)27)12-15-5-8-18(17(23)11-15)24-9-1-2-10-24/h3-8,11-12H,1-2,9-10,13H2/b19-12-. The number of halogens is 2. The summed E-state index contributed by atoms with van der Waals surface area (Å²) in [5.74, 6) is -0.676. The molecule has 144 valence electrons. The van der Waals surface area contributed by atoms with Gasteiger partial charge in [-0.1, -0.05) is 29.8 Å². The summed E-state index contributed by atoms with van der Waals surface area (Å²) in [6, 6.07) is 11.9. The summed E-state index contributed by atoms with van der Waals surface area (Å²) in [7, 11) is 0. The van der Waals surface area contributed by atoms with E-state index < -0.39 is 0 Å². The molecule has 2 aliphatic heterocycles. The Morgan fingerprint density at radius 1 is 1.07 bits per heavy atom. The molecular formula is C21H18ClFN2O2S. The van der Waals surface area contributed by atoms with Crippen molar-refractivity contribution in [3.63, 3.8) is 0 Å². The molecule has 7 heteroatoms. The number of carbonyl (C=O) groups is 2. The Kier molecular flexibility index (Phi) is 5.42. The van der Waals surface area contributed by atoms with Crippen LogP contribution in [0.2, 0.25) is 5.02 Å². The SMILES string of the molecule is O=C1S/C(=C\c2ccc(N3CCCC3)c(F)c2)C(=O)N1Cc1ccc(Cl)cc1. The summed E-state index contributed by atoms with van der Waals surface area (Å²) in [5.41, 5.74) is 1.97. The molecule has 0 bridgehead atoms. The number of carbonyl (C=O) groups excluding carboxylic acids is 2. The van der Waals surface area contributed by atoms with Gasteiger partial charge in [-0.05, 0) is 66.1 Å². The van der Waals surface area contributed by atoms with Gasteiger partial charge in [0.2, 0.25) is 0 Å². The third-order valence-corrected chi connectivity index (χ3v) is 6.00. The molecule has 2 aliphatic rings. The summed E-state index contributed by atoms with van der Waals surface area (Å²) in [5, 5.41) is 0.262. The van der Waals surface area contributed by atoms with Gasteiger partial charge < -0.3 is 4.90 Å². The fraction of sp³-hybridized carbons (Fsp3) is 0.238. The highest BCUT2D eigenvalue weighted by Crippen LogP contribution is 2.34. The Bertz CT molecular complexity index is 955. The lowest BCUT2D eigenvalue weighted by atomic mass is 10.1. The second-order valence-corrected chi connectivity index (χ2v) is 8.23. The first-order chi connectivity index (χ1) is 13.5. The predicted molar refractivity (Wildman–Crippen MR) is 111 cm³/mol. The number of nitrogens with zero attached hydrogens (tertiary/aromatic N) is 2. The molecule has 0 aromatic heterocycles. The quantitative estimate of drug-likeness (QED) is 0.633. The molecule has 2 aromatic carbocycles. The minimum atomic E-state index is -0.367. The molecule has 4 nitrogen and oxygen atoms in total. The smallest absolute Gasteiger partial charge is 0.293 e. The lowest BCUT2D eigenvalue weighted by molar-refractivity contribution is -0.123. The number of benzene rings is 2. The zero-order valence-electron chi connectivity index (χ0n) is 15.0. The van der Waals surface area contributed by atoms with Crippen LogP contribution in [-0.4, -0.2) is 29.1 Å². The maximum absolute atomic E-state index is 14.5. The maximum atomic E-state index is 14.5. The number of imide groups is 1. The Balaban J connectivity index is 1.52. The van der Waals surface area contributed by atoms with Crippen LogP contribution in [-0.2, 0) is 11.3 Å². The van der Waals surface area contributed by atoms with E-state index in [-0.39, 0.29) is 23.5 Å². The van der Waals surface area contributed by atoms with Crippen LogP contribution in [0.5, 0.6) is 0 Å². The molecule has 0 N–H and O–H groups in total. The summed E-state index contributed by atoms with van der Waals surface area (Å²) in [6.45, 7) is 1.90. The van der Waals surface area contributed by atoms with E-state index in [0.717, 1.165) is 43.3 Å². The highest BCUT2D eigenvalue weighted by molar-refractivity contribution is 8.18. The van der Waals surface area contributed by atoms with E-state index in [0.29, 0.717) is 21.2 Å². The van der Waals surface area contributed by atoms with E-state index >= 15 is 0 Å². The van der Waals surface area contributed by atoms with Crippen LogP contribution < -0.4 is 4.90 Å². The highest BCUT2D eigenvalue weighted by atomic mass is 35.5. The van der Waals surface area contributed by atoms with Gasteiger partial charge >= 0.3 is 0 Å². The van der Waals surface area contributed by atoms with E-state index in [2.05, 4.69) is 0 Å². The fourth-order valence-electron chi connectivity index (χ4n) is 3.39. The number of thioether (sulfide) groups is 1. The molecule has 4 rings (SSSR count). The summed E-state index contributed by atoms with van der Waals surface area (Å²) < 4.78 is 14.5. The number of anilines is 1. The second kappa shape index (κ2) is 7.97. The van der Waals surface area contributed by atoms with Crippen LogP contribution >= 0.6 is 23.4 Å². The average molecular weight is 417 g/mol. The molecule has 2 saturated heterocycles. The van der Waals surface area contributed by atoms with Crippen LogP contribution in [0, 0.1) is 5.82 Å². The van der Waals surface area contributed by atoms with Crippen molar-refractivity contribution in [3.05, 3.63) is 69.3 Å². The average Bonchev–Trinajstić information content (AvgIpc) is 3.28. The molecule has 2 heterocycles. The first-order valence-corrected chi connectivity index (χ1v) is 10.2. The molecular weight excluding hydrogens is 399 g/mol. The van der Waals surface area contributed by atoms with E-state index in [1.54, 1.807) is 42.5 Å². The van der Waals surface area contributed by atoms with Gasteiger partial charge in [-0.2, -0.15) is 0 Å². The molecule has 28 heavy (non-hydrogen) atoms. The summed E-state index contributed by atoms with van der Waals surface area (Å²) in [6.07, 6.45) is 3.72. The second-order valence-electron chi connectivity index (χ2n) is 6.80. The van der Waals surface area contributed by atoms with Crippen molar-refractivity contribution in [2.45, 2.75) is 19.4 Å². The van der Waals surface area contributed by atoms with Gasteiger partial charge in [0.25, 0.3) is 11.1 Å². The minimum absolute atomic E-state index is 0.182. The molecule has 2 fully saturated rings. The van der Waals surface area contributed by atoms with Crippen molar-refractivity contribution < 1.29 is 14.0 Å². The lowest BCUT2D eigenvalue weighted by Crippen LogP contribution is -2.27. The highest BCUT2D eigenvalue weighted by Gasteiger charge is 2.35. The summed E-state index contributed by atoms with van der Waals surface area (Å²) >= 11 is 6.74. The molecule has 0 radical (unpaired) electrons. The Morgan fingerprint density at radius 2 is 1.79 bits per heavy atom. The third kappa shape index (κ3) is 3.93. The van der Waals surface area contributed by atoms with Crippen LogP contribution in [0.3, 0.4) is 0 Å². The van der Waals surface area contributed by atoms with Crippen LogP contribution in [0.25, 0.3) is 6.08 Å². The van der Waals surface area contributed by atoms with Gasteiger partial charge in [-0.3, -0.25) is 14.5 Å². The first-order valence-electron chi connectivity index (χ1n) is 9.05. The molecule has 2 amide bonds. The zero-order chi connectivity index (χ0) is 19.7. The van der Waals surface area contributed by atoms with E-state index in [9.17, 15) is 14.0 Å². The van der Waals surface area contributed by atoms with Gasteiger partial charge in [-0.25, -0.2) is 4.39 Å². The first kappa shape index (κ1) is 19.0. The number of rotatable bonds is 4. The topological polar surface area (TPSA) is 40.6 Å². The van der Waals surface area contributed by atoms with Crippen molar-refractivity contribution in [1.29, 1.82) is 0 Å². The van der Waals surface area contributed by atoms with E-state index in [1.807, 2.05) is 4.90 Å². The third-order valence-electron chi connectivity index (χ3n) is 4.84. The van der Waals surface area contributed by atoms with Gasteiger partial charge in [0.15, 0.2) is 0 Å². The van der Waals surface area contributed by atoms with Crippen LogP contribution in [0.4, 0.5) is 14.9 Å². The van der Waals surface area contributed by atoms with E-state index in [4.69, 9.17) is 11.6 Å². The molecule has 2 aromatic rings. The molecule has 0 unspecified atom stereocenters. The Hall–Kier alpha value is -2.31.